The van der Waals surface area contributed by atoms with Gasteiger partial charge in [-0.15, -0.1) is 0 Å². The quantitative estimate of drug-likeness (QED) is 0.403. The van der Waals surface area contributed by atoms with E-state index >= 15 is 0 Å². The summed E-state index contributed by atoms with van der Waals surface area (Å²) < 4.78 is 32.9. The van der Waals surface area contributed by atoms with Gasteiger partial charge in [-0.25, -0.2) is 8.42 Å². The first-order valence-electron chi connectivity index (χ1n) is 8.66. The van der Waals surface area contributed by atoms with Crippen LogP contribution >= 0.6 is 0 Å². The Balaban J connectivity index is 0.00000225. The van der Waals surface area contributed by atoms with Gasteiger partial charge in [0.15, 0.2) is 0 Å². The SMILES string of the molecule is O=S(=O)([O-])c1ccc(/C=C/c2ccc(C3NCc4ccccc43)cc2)cc1.[Na+]. The van der Waals surface area contributed by atoms with Gasteiger partial charge >= 0.3 is 29.6 Å². The van der Waals surface area contributed by atoms with Gasteiger partial charge in [0.05, 0.1) is 10.9 Å². The van der Waals surface area contributed by atoms with Gasteiger partial charge in [0.25, 0.3) is 0 Å². The van der Waals surface area contributed by atoms with Gasteiger partial charge in [-0.2, -0.15) is 0 Å². The van der Waals surface area contributed by atoms with E-state index in [9.17, 15) is 13.0 Å². The Bertz CT molecular complexity index is 1090. The monoisotopic (exact) mass is 399 g/mol. The fourth-order valence-corrected chi connectivity index (χ4v) is 3.80. The summed E-state index contributed by atoms with van der Waals surface area (Å²) in [6.07, 6.45) is 3.85. The number of benzene rings is 3. The molecule has 0 saturated heterocycles. The Morgan fingerprint density at radius 2 is 1.43 bits per heavy atom. The van der Waals surface area contributed by atoms with E-state index in [2.05, 4.69) is 53.8 Å². The molecule has 3 aromatic carbocycles. The van der Waals surface area contributed by atoms with Crippen LogP contribution in [0.25, 0.3) is 12.2 Å². The largest absolute Gasteiger partial charge is 1.00 e. The third kappa shape index (κ3) is 4.63. The van der Waals surface area contributed by atoms with Crippen LogP contribution in [0.15, 0.2) is 77.7 Å². The van der Waals surface area contributed by atoms with Gasteiger partial charge in [-0.1, -0.05) is 72.8 Å². The van der Waals surface area contributed by atoms with Crippen molar-refractivity contribution in [3.63, 3.8) is 0 Å². The smallest absolute Gasteiger partial charge is 0.744 e. The maximum Gasteiger partial charge on any atom is 1.00 e. The summed E-state index contributed by atoms with van der Waals surface area (Å²) in [7, 11) is -4.40. The second-order valence-electron chi connectivity index (χ2n) is 6.54. The fraction of sp³-hybridized carbons (Fsp3) is 0.0909. The minimum absolute atomic E-state index is 0. The maximum atomic E-state index is 11.0. The zero-order valence-corrected chi connectivity index (χ0v) is 18.3. The maximum absolute atomic E-state index is 11.0. The van der Waals surface area contributed by atoms with Crippen molar-refractivity contribution < 1.29 is 42.5 Å². The zero-order valence-electron chi connectivity index (χ0n) is 15.5. The Morgan fingerprint density at radius 3 is 2.04 bits per heavy atom. The predicted molar refractivity (Wildman–Crippen MR) is 105 cm³/mol. The summed E-state index contributed by atoms with van der Waals surface area (Å²) in [5, 5.41) is 3.54. The molecule has 0 spiro atoms. The van der Waals surface area contributed by atoms with Gasteiger partial charge in [0.2, 0.25) is 0 Å². The Hall–Kier alpha value is -1.73. The third-order valence-corrected chi connectivity index (χ3v) is 5.62. The van der Waals surface area contributed by atoms with Crippen molar-refractivity contribution >= 4 is 22.3 Å². The summed E-state index contributed by atoms with van der Waals surface area (Å²) in [4.78, 5) is -0.214. The van der Waals surface area contributed by atoms with Gasteiger partial charge in [-0.05, 0) is 39.9 Å². The fourth-order valence-electron chi connectivity index (χ4n) is 3.33. The average molecular weight is 399 g/mol. The van der Waals surface area contributed by atoms with E-state index in [0.29, 0.717) is 0 Å². The Morgan fingerprint density at radius 1 is 0.857 bits per heavy atom. The molecule has 0 radical (unpaired) electrons. The van der Waals surface area contributed by atoms with E-state index in [1.807, 2.05) is 12.2 Å². The van der Waals surface area contributed by atoms with Crippen LogP contribution in [0.3, 0.4) is 0 Å². The van der Waals surface area contributed by atoms with E-state index in [4.69, 9.17) is 0 Å². The van der Waals surface area contributed by atoms with E-state index < -0.39 is 10.1 Å². The van der Waals surface area contributed by atoms with Crippen molar-refractivity contribution in [2.75, 3.05) is 0 Å². The molecule has 1 N–H and O–H groups in total. The molecule has 3 aromatic rings. The van der Waals surface area contributed by atoms with Gasteiger partial charge in [0, 0.05) is 6.54 Å². The van der Waals surface area contributed by atoms with E-state index in [-0.39, 0.29) is 40.5 Å². The van der Waals surface area contributed by atoms with Crippen molar-refractivity contribution in [1.82, 2.24) is 5.32 Å². The summed E-state index contributed by atoms with van der Waals surface area (Å²) in [5.74, 6) is 0. The first-order valence-corrected chi connectivity index (χ1v) is 10.1. The number of hydrogen-bond donors (Lipinski definition) is 1. The van der Waals surface area contributed by atoms with Crippen molar-refractivity contribution in [2.24, 2.45) is 0 Å². The Kier molecular flexibility index (Phi) is 6.55. The number of fused-ring (bicyclic) bond motifs is 1. The van der Waals surface area contributed by atoms with Crippen molar-refractivity contribution in [3.8, 4) is 0 Å². The summed E-state index contributed by atoms with van der Waals surface area (Å²) >= 11 is 0. The minimum Gasteiger partial charge on any atom is -0.744 e. The number of nitrogens with one attached hydrogen (secondary N) is 1. The molecule has 1 aliphatic rings. The molecule has 136 valence electrons. The van der Waals surface area contributed by atoms with E-state index in [1.165, 1.54) is 28.8 Å². The van der Waals surface area contributed by atoms with Crippen molar-refractivity contribution in [3.05, 3.63) is 101 Å². The first kappa shape index (κ1) is 21.0. The predicted octanol–water partition coefficient (Wildman–Crippen LogP) is 0.958. The minimum atomic E-state index is -4.40. The zero-order chi connectivity index (χ0) is 18.9. The van der Waals surface area contributed by atoms with E-state index in [0.717, 1.165) is 17.7 Å². The van der Waals surface area contributed by atoms with Crippen LogP contribution in [0.1, 0.15) is 33.9 Å². The molecule has 0 amide bonds. The third-order valence-electron chi connectivity index (χ3n) is 4.77. The second kappa shape index (κ2) is 8.74. The van der Waals surface area contributed by atoms with Gasteiger partial charge < -0.3 is 9.87 Å². The van der Waals surface area contributed by atoms with Gasteiger partial charge in [-0.3, -0.25) is 0 Å². The molecule has 1 heterocycles. The molecule has 0 bridgehead atoms. The molecule has 1 unspecified atom stereocenters. The summed E-state index contributed by atoms with van der Waals surface area (Å²) in [6, 6.07) is 22.9. The molecule has 4 nitrogen and oxygen atoms in total. The topological polar surface area (TPSA) is 69.2 Å². The molecule has 1 atom stereocenters. The summed E-state index contributed by atoms with van der Waals surface area (Å²) in [6.45, 7) is 0.886. The molecule has 28 heavy (non-hydrogen) atoms. The molecular weight excluding hydrogens is 381 g/mol. The average Bonchev–Trinajstić information content (AvgIpc) is 3.11. The first-order chi connectivity index (χ1) is 13.0. The normalized spacial score (nSPS) is 16.0. The Labute approximate surface area is 187 Å². The van der Waals surface area contributed by atoms with Crippen molar-refractivity contribution in [2.45, 2.75) is 17.5 Å². The standard InChI is InChI=1S/C22H19NO3S.Na/c24-27(25,26)20-13-9-17(10-14-20)6-5-16-7-11-18(12-8-16)22-21-4-2-1-3-19(21)15-23-22;/h1-14,22-23H,15H2,(H,24,25,26);/q;+1/p-1/b6-5+;. The second-order valence-corrected chi connectivity index (χ2v) is 7.92. The van der Waals surface area contributed by atoms with Gasteiger partial charge in [0.1, 0.15) is 10.1 Å². The molecule has 0 aliphatic carbocycles. The molecule has 0 saturated carbocycles. The van der Waals surface area contributed by atoms with Crippen molar-refractivity contribution in [1.29, 1.82) is 0 Å². The van der Waals surface area contributed by atoms with Crippen LogP contribution in [-0.4, -0.2) is 13.0 Å². The van der Waals surface area contributed by atoms with Crippen LogP contribution in [0.2, 0.25) is 0 Å². The van der Waals surface area contributed by atoms with Crippen LogP contribution in [-0.2, 0) is 16.7 Å². The van der Waals surface area contributed by atoms with E-state index in [1.54, 1.807) is 12.1 Å². The molecule has 0 fully saturated rings. The molecular formula is C22H18NNaO3S. The summed E-state index contributed by atoms with van der Waals surface area (Å²) in [5.41, 5.74) is 5.77. The van der Waals surface area contributed by atoms with Crippen LogP contribution in [0.4, 0.5) is 0 Å². The number of hydrogen-bond acceptors (Lipinski definition) is 4. The van der Waals surface area contributed by atoms with Crippen LogP contribution in [0.5, 0.6) is 0 Å². The number of rotatable bonds is 4. The molecule has 1 aliphatic heterocycles. The molecule has 0 aromatic heterocycles. The molecule has 4 rings (SSSR count). The van der Waals surface area contributed by atoms with Crippen LogP contribution < -0.4 is 34.9 Å². The van der Waals surface area contributed by atoms with Crippen LogP contribution in [0, 0.1) is 0 Å². The molecule has 6 heteroatoms.